The van der Waals surface area contributed by atoms with Gasteiger partial charge in [-0.05, 0) is 43.5 Å². The lowest BCUT2D eigenvalue weighted by atomic mass is 10.1. The first-order chi connectivity index (χ1) is 9.21. The molecule has 1 amide bonds. The van der Waals surface area contributed by atoms with Gasteiger partial charge in [-0.1, -0.05) is 20.3 Å². The number of rotatable bonds is 7. The fraction of sp³-hybridized carbons (Fsp3) is 0.467. The molecule has 0 radical (unpaired) electrons. The molecule has 1 N–H and O–H groups in total. The summed E-state index contributed by atoms with van der Waals surface area (Å²) >= 11 is 0. The van der Waals surface area contributed by atoms with Crippen molar-refractivity contribution >= 4 is 11.6 Å². The van der Waals surface area contributed by atoms with Gasteiger partial charge < -0.3 is 4.74 Å². The summed E-state index contributed by atoms with van der Waals surface area (Å²) < 4.78 is 5.05. The van der Waals surface area contributed by atoms with E-state index in [0.29, 0.717) is 5.56 Å². The molecule has 0 aliphatic rings. The Kier molecular flexibility index (Phi) is 6.64. The Labute approximate surface area is 114 Å². The molecule has 0 unspecified atom stereocenters. The van der Waals surface area contributed by atoms with Gasteiger partial charge in [0.2, 0.25) is 0 Å². The van der Waals surface area contributed by atoms with E-state index in [4.69, 9.17) is 4.74 Å². The van der Waals surface area contributed by atoms with Gasteiger partial charge in [-0.25, -0.2) is 5.43 Å². The number of hydrogen-bond acceptors (Lipinski definition) is 3. The lowest BCUT2D eigenvalue weighted by Crippen LogP contribution is -2.19. The van der Waals surface area contributed by atoms with Gasteiger partial charge in [0.15, 0.2) is 0 Å². The van der Waals surface area contributed by atoms with E-state index in [0.717, 1.165) is 37.1 Å². The molecule has 1 aromatic carbocycles. The lowest BCUT2D eigenvalue weighted by Gasteiger charge is -2.05. The zero-order valence-electron chi connectivity index (χ0n) is 11.9. The van der Waals surface area contributed by atoms with Crippen LogP contribution in [0.2, 0.25) is 0 Å². The van der Waals surface area contributed by atoms with Gasteiger partial charge in [0, 0.05) is 11.3 Å². The van der Waals surface area contributed by atoms with Crippen molar-refractivity contribution in [3.05, 3.63) is 29.8 Å². The minimum Gasteiger partial charge on any atom is -0.497 e. The van der Waals surface area contributed by atoms with Crippen LogP contribution in [0.25, 0.3) is 0 Å². The number of carbonyl (C=O) groups excluding carboxylic acids is 1. The smallest absolute Gasteiger partial charge is 0.271 e. The molecular weight excluding hydrogens is 240 g/mol. The molecule has 0 fully saturated rings. The number of ether oxygens (including phenoxy) is 1. The Morgan fingerprint density at radius 2 is 1.95 bits per heavy atom. The molecule has 0 aromatic heterocycles. The molecule has 1 rings (SSSR count). The van der Waals surface area contributed by atoms with E-state index in [1.54, 1.807) is 31.4 Å². The predicted molar refractivity (Wildman–Crippen MR) is 77.7 cm³/mol. The standard InChI is InChI=1S/C15H22N2O2/c1-4-6-7-13(5-2)16-17-15(18)12-8-10-14(19-3)11-9-12/h8-11H,4-7H2,1-3H3,(H,17,18)/b16-13+. The summed E-state index contributed by atoms with van der Waals surface area (Å²) in [6.07, 6.45) is 4.04. The van der Waals surface area contributed by atoms with E-state index in [2.05, 4.69) is 17.5 Å². The van der Waals surface area contributed by atoms with Crippen LogP contribution in [0.3, 0.4) is 0 Å². The summed E-state index contributed by atoms with van der Waals surface area (Å²) in [6.45, 7) is 4.19. The number of hydrazone groups is 1. The molecule has 0 saturated heterocycles. The summed E-state index contributed by atoms with van der Waals surface area (Å²) in [7, 11) is 1.60. The van der Waals surface area contributed by atoms with Crippen molar-refractivity contribution in [3.8, 4) is 5.75 Å². The highest BCUT2D eigenvalue weighted by atomic mass is 16.5. The quantitative estimate of drug-likeness (QED) is 0.605. The molecule has 4 nitrogen and oxygen atoms in total. The zero-order chi connectivity index (χ0) is 14.1. The van der Waals surface area contributed by atoms with Crippen LogP contribution in [-0.4, -0.2) is 18.7 Å². The molecule has 4 heteroatoms. The van der Waals surface area contributed by atoms with E-state index < -0.39 is 0 Å². The van der Waals surface area contributed by atoms with Crippen LogP contribution < -0.4 is 10.2 Å². The third-order valence-corrected chi connectivity index (χ3v) is 2.89. The molecule has 1 aromatic rings. The first-order valence-electron chi connectivity index (χ1n) is 6.71. The van der Waals surface area contributed by atoms with E-state index in [1.807, 2.05) is 6.92 Å². The largest absolute Gasteiger partial charge is 0.497 e. The number of methoxy groups -OCH3 is 1. The Morgan fingerprint density at radius 1 is 1.26 bits per heavy atom. The third-order valence-electron chi connectivity index (χ3n) is 2.89. The SMILES string of the molecule is CCCC/C(CC)=N/NC(=O)c1ccc(OC)cc1. The van der Waals surface area contributed by atoms with Gasteiger partial charge in [0.25, 0.3) is 5.91 Å². The van der Waals surface area contributed by atoms with Crippen molar-refractivity contribution in [1.82, 2.24) is 5.43 Å². The maximum atomic E-state index is 11.9. The first-order valence-corrected chi connectivity index (χ1v) is 6.71. The van der Waals surface area contributed by atoms with Gasteiger partial charge in [0.05, 0.1) is 7.11 Å². The van der Waals surface area contributed by atoms with Crippen LogP contribution in [0.5, 0.6) is 5.75 Å². The van der Waals surface area contributed by atoms with E-state index in [1.165, 1.54) is 0 Å². The minimum atomic E-state index is -0.190. The molecule has 0 aliphatic heterocycles. The number of hydrogen-bond donors (Lipinski definition) is 1. The van der Waals surface area contributed by atoms with Crippen molar-refractivity contribution in [2.75, 3.05) is 7.11 Å². The van der Waals surface area contributed by atoms with Crippen molar-refractivity contribution in [2.24, 2.45) is 5.10 Å². The van der Waals surface area contributed by atoms with E-state index in [9.17, 15) is 4.79 Å². The molecule has 0 aliphatic carbocycles. The zero-order valence-corrected chi connectivity index (χ0v) is 11.9. The summed E-state index contributed by atoms with van der Waals surface area (Å²) in [5.41, 5.74) is 4.21. The van der Waals surface area contributed by atoms with Crippen molar-refractivity contribution in [3.63, 3.8) is 0 Å². The Hall–Kier alpha value is -1.84. The van der Waals surface area contributed by atoms with Gasteiger partial charge in [-0.3, -0.25) is 4.79 Å². The van der Waals surface area contributed by atoms with Crippen LogP contribution in [0.1, 0.15) is 49.9 Å². The van der Waals surface area contributed by atoms with Crippen LogP contribution in [0.15, 0.2) is 29.4 Å². The van der Waals surface area contributed by atoms with E-state index in [-0.39, 0.29) is 5.91 Å². The van der Waals surface area contributed by atoms with E-state index >= 15 is 0 Å². The Bertz CT molecular complexity index is 424. The second kappa shape index (κ2) is 8.29. The molecule has 0 bridgehead atoms. The molecule has 19 heavy (non-hydrogen) atoms. The predicted octanol–water partition coefficient (Wildman–Crippen LogP) is 3.38. The van der Waals surface area contributed by atoms with Gasteiger partial charge in [-0.15, -0.1) is 0 Å². The first kappa shape index (κ1) is 15.2. The maximum absolute atomic E-state index is 11.9. The number of unbranched alkanes of at least 4 members (excludes halogenated alkanes) is 1. The number of carbonyl (C=O) groups is 1. The number of amides is 1. The Morgan fingerprint density at radius 3 is 2.47 bits per heavy atom. The van der Waals surface area contributed by atoms with Crippen molar-refractivity contribution < 1.29 is 9.53 Å². The number of nitrogens with one attached hydrogen (secondary N) is 1. The molecule has 0 saturated carbocycles. The van der Waals surface area contributed by atoms with Gasteiger partial charge in [-0.2, -0.15) is 5.10 Å². The van der Waals surface area contributed by atoms with Crippen LogP contribution in [0, 0.1) is 0 Å². The van der Waals surface area contributed by atoms with Crippen LogP contribution in [-0.2, 0) is 0 Å². The fourth-order valence-electron chi connectivity index (χ4n) is 1.63. The minimum absolute atomic E-state index is 0.190. The number of benzene rings is 1. The average molecular weight is 262 g/mol. The topological polar surface area (TPSA) is 50.7 Å². The normalized spacial score (nSPS) is 11.2. The monoisotopic (exact) mass is 262 g/mol. The van der Waals surface area contributed by atoms with Crippen LogP contribution >= 0.6 is 0 Å². The highest BCUT2D eigenvalue weighted by molar-refractivity contribution is 5.95. The summed E-state index contributed by atoms with van der Waals surface area (Å²) in [6, 6.07) is 6.97. The average Bonchev–Trinajstić information content (AvgIpc) is 2.47. The molecule has 0 atom stereocenters. The number of nitrogens with zero attached hydrogens (tertiary/aromatic N) is 1. The summed E-state index contributed by atoms with van der Waals surface area (Å²) in [4.78, 5) is 11.9. The van der Waals surface area contributed by atoms with Gasteiger partial charge >= 0.3 is 0 Å². The van der Waals surface area contributed by atoms with Crippen molar-refractivity contribution in [2.45, 2.75) is 39.5 Å². The second-order valence-corrected chi connectivity index (χ2v) is 4.30. The van der Waals surface area contributed by atoms with Crippen molar-refractivity contribution in [1.29, 1.82) is 0 Å². The molecule has 0 spiro atoms. The highest BCUT2D eigenvalue weighted by Gasteiger charge is 2.05. The second-order valence-electron chi connectivity index (χ2n) is 4.30. The molecule has 104 valence electrons. The molecule has 0 heterocycles. The summed E-state index contributed by atoms with van der Waals surface area (Å²) in [5, 5.41) is 4.18. The fourth-order valence-corrected chi connectivity index (χ4v) is 1.63. The van der Waals surface area contributed by atoms with Gasteiger partial charge in [0.1, 0.15) is 5.75 Å². The molecular formula is C15H22N2O2. The third kappa shape index (κ3) is 5.12. The van der Waals surface area contributed by atoms with Crippen LogP contribution in [0.4, 0.5) is 0 Å². The maximum Gasteiger partial charge on any atom is 0.271 e. The summed E-state index contributed by atoms with van der Waals surface area (Å²) in [5.74, 6) is 0.544. The Balaban J connectivity index is 2.59. The lowest BCUT2D eigenvalue weighted by molar-refractivity contribution is 0.0954. The highest BCUT2D eigenvalue weighted by Crippen LogP contribution is 2.11.